The minimum Gasteiger partial charge on any atom is -0.347 e. The van der Waals surface area contributed by atoms with E-state index in [1.165, 1.54) is 59.2 Å². The largest absolute Gasteiger partial charge is 0.347 e. The number of fused-ring (bicyclic) bond motifs is 4. The van der Waals surface area contributed by atoms with Crippen LogP contribution in [0.2, 0.25) is 0 Å². The fourth-order valence-electron chi connectivity index (χ4n) is 19.3. The van der Waals surface area contributed by atoms with Crippen molar-refractivity contribution < 1.29 is 42.5 Å². The number of nitrogens with one attached hydrogen (secondary N) is 4. The van der Waals surface area contributed by atoms with E-state index in [0.717, 1.165) is 127 Å². The molecule has 4 aliphatic rings. The average Bonchev–Trinajstić information content (AvgIpc) is 1.68. The number of H-pyrrole nitrogens is 4. The lowest BCUT2D eigenvalue weighted by molar-refractivity contribution is 0.290. The Kier molecular flexibility index (Phi) is 23.4. The first-order chi connectivity index (χ1) is 60.2. The average molecular weight is 1780 g/mol. The predicted molar refractivity (Wildman–Crippen MR) is 484 cm³/mol. The van der Waals surface area contributed by atoms with Crippen LogP contribution in [0.1, 0.15) is 81.1 Å². The van der Waals surface area contributed by atoms with Gasteiger partial charge in [-0.25, -0.2) is 47.4 Å². The second-order valence-corrected chi connectivity index (χ2v) is 43.2. The molecule has 0 saturated carbocycles. The molecule has 0 radical (unpaired) electrons. The van der Waals surface area contributed by atoms with Crippen LogP contribution < -0.4 is 0 Å². The molecule has 6 aromatic carbocycles. The molecule has 4 saturated heterocycles. The van der Waals surface area contributed by atoms with E-state index in [4.69, 9.17) is 0 Å². The molecule has 4 N–H and O–H groups in total. The van der Waals surface area contributed by atoms with Gasteiger partial charge in [0.2, 0.25) is 30.1 Å². The van der Waals surface area contributed by atoms with Crippen molar-refractivity contribution in [3.63, 3.8) is 0 Å². The van der Waals surface area contributed by atoms with Crippen LogP contribution >= 0.6 is 0 Å². The molecule has 14 heterocycles. The number of sulfonamides is 4. The summed E-state index contributed by atoms with van der Waals surface area (Å²) >= 11 is 0. The maximum absolute atomic E-state index is 14.3. The van der Waals surface area contributed by atoms with E-state index in [9.17, 15) is 42.5 Å². The number of nitrogens with zero attached hydrogens (tertiary/aromatic N) is 14. The van der Waals surface area contributed by atoms with E-state index < -0.39 is 73.9 Å². The number of pyridine rings is 2. The third-order valence-electron chi connectivity index (χ3n) is 25.0. The number of aromatic amines is 4. The molecule has 20 rings (SSSR count). The molecule has 10 aromatic heterocycles. The molecule has 4 unspecified atom stereocenters. The second-order valence-electron chi connectivity index (χ2n) is 35.8. The monoisotopic (exact) mass is 1770 g/mol. The number of hydrogen-bond acceptors (Lipinski definition) is 14. The first kappa shape index (κ1) is 86.2. The number of rotatable bonds is 20. The highest BCUT2D eigenvalue weighted by molar-refractivity contribution is 7.90. The highest BCUT2D eigenvalue weighted by Gasteiger charge is 2.50. The van der Waals surface area contributed by atoms with Crippen LogP contribution in [0.5, 0.6) is 0 Å². The Morgan fingerprint density at radius 1 is 0.341 bits per heavy atom. The van der Waals surface area contributed by atoms with Crippen molar-refractivity contribution in [3.05, 3.63) is 281 Å². The molecule has 0 bridgehead atoms. The van der Waals surface area contributed by atoms with Gasteiger partial charge in [-0.15, -0.1) is 0 Å². The zero-order valence-corrected chi connectivity index (χ0v) is 74.4. The molecule has 0 aliphatic carbocycles. The third kappa shape index (κ3) is 17.5. The van der Waals surface area contributed by atoms with E-state index in [2.05, 4.69) is 185 Å². The van der Waals surface area contributed by atoms with Crippen molar-refractivity contribution in [1.29, 1.82) is 0 Å². The summed E-state index contributed by atoms with van der Waals surface area (Å²) in [5.74, 6) is -0.419. The van der Waals surface area contributed by atoms with Gasteiger partial charge in [0.15, 0.2) is 5.03 Å². The van der Waals surface area contributed by atoms with E-state index in [1.807, 2.05) is 98.8 Å². The van der Waals surface area contributed by atoms with Gasteiger partial charge in [0, 0.05) is 209 Å². The van der Waals surface area contributed by atoms with Gasteiger partial charge in [-0.05, 0) is 260 Å². The molecule has 26 nitrogen and oxygen atoms in total. The van der Waals surface area contributed by atoms with Crippen LogP contribution in [-0.2, 0) is 66.3 Å². The topological polar surface area (TPSA) is 310 Å². The first-order valence-corrected chi connectivity index (χ1v) is 47.7. The SMILES string of the molecule is CC1(C)CC(Cn2ccc3cc(-c4cn[nH]c4)ccc32)CN1S(=O)(=O)c1ccc(F)cc1.CC1(C)CC(Cn2ccc3cc(-c4cn[nH]c4)ccc32)CN1S(=O)(=O)c1ccccc1F.CC1(C)CC(Cn2ccc3cc(-c4cn[nH]c4)ccc32)CN1S(=O)(=O)c1ccccn1.CC1(C)CC(Cn2ccc3cc(-c4cn[nH]c4)ccc32)CN1S(=O)(=O)c1cccnc1. The third-order valence-corrected chi connectivity index (χ3v) is 33.3. The Labute approximate surface area is 731 Å². The molecule has 16 aromatic rings. The van der Waals surface area contributed by atoms with E-state index >= 15 is 0 Å². The van der Waals surface area contributed by atoms with E-state index in [-0.39, 0.29) is 43.4 Å². The first-order valence-electron chi connectivity index (χ1n) is 41.9. The fraction of sp³-hybridized carbons (Fsp3) is 0.298. The Hall–Kier alpha value is -11.9. The molecular formula is C94H100F2N18O8S4. The normalized spacial score (nSPS) is 19.1. The standard InChI is InChI=1S/2C24H25FN4O2S.2C23H25N5O2S/c1-24(2)12-17(16-29(24)32(30,31)22-6-4-21(25)5-7-22)15-28-10-9-19-11-18(3-8-23(19)28)20-13-26-27-14-20;1-24(2)12-17(16-29(24)32(30,31)23-6-4-3-5-21(23)25)15-28-10-9-19-11-18(7-8-22(19)28)20-13-26-27-14-20;1-23(2)11-17(16-28(23)31(29,30)21-4-3-8-24-14-21)15-27-9-7-19-10-18(5-6-22(19)27)20-12-25-26-13-20;1-23(2)12-17(16-28(23)31(29,30)22-5-3-4-9-24-22)15-27-10-8-19-11-18(6-7-21(19)27)20-13-25-26-14-20/h2*3-11,13-14,17H,12,15-16H2,1-2H3,(H,26,27);3-10,12-14,17H,11,15-16H2,1-2H3,(H,25,26);3-11,13-14,17H,12,15-16H2,1-2H3,(H,25,26). The zero-order valence-electron chi connectivity index (χ0n) is 71.1. The van der Waals surface area contributed by atoms with Crippen LogP contribution in [-0.4, -0.2) is 168 Å². The molecule has 4 atom stereocenters. The minimum absolute atomic E-state index is 0.113. The van der Waals surface area contributed by atoms with Gasteiger partial charge in [-0.2, -0.15) is 37.6 Å². The van der Waals surface area contributed by atoms with Crippen molar-refractivity contribution in [2.24, 2.45) is 23.7 Å². The second kappa shape index (κ2) is 34.1. The molecule has 0 spiro atoms. The molecule has 4 fully saturated rings. The zero-order chi connectivity index (χ0) is 88.3. The molecule has 652 valence electrons. The van der Waals surface area contributed by atoms with Gasteiger partial charge in [0.25, 0.3) is 10.0 Å². The summed E-state index contributed by atoms with van der Waals surface area (Å²) in [6.07, 6.45) is 30.6. The van der Waals surface area contributed by atoms with Crippen molar-refractivity contribution in [2.75, 3.05) is 26.2 Å². The predicted octanol–water partition coefficient (Wildman–Crippen LogP) is 17.2. The lowest BCUT2D eigenvalue weighted by atomic mass is 9.97. The number of aromatic nitrogens is 14. The van der Waals surface area contributed by atoms with Crippen molar-refractivity contribution in [1.82, 2.24) is 86.2 Å². The maximum atomic E-state index is 14.3. The Bertz CT molecular complexity index is 6840. The molecule has 32 heteroatoms. The Balaban J connectivity index is 0.000000119. The lowest BCUT2D eigenvalue weighted by Gasteiger charge is -2.30. The van der Waals surface area contributed by atoms with Gasteiger partial charge >= 0.3 is 0 Å². The van der Waals surface area contributed by atoms with Gasteiger partial charge in [0.05, 0.1) is 29.7 Å². The number of benzene rings is 6. The van der Waals surface area contributed by atoms with Gasteiger partial charge < -0.3 is 18.3 Å². The lowest BCUT2D eigenvalue weighted by Crippen LogP contribution is -2.42. The molecule has 4 aliphatic heterocycles. The van der Waals surface area contributed by atoms with Crippen molar-refractivity contribution in [3.8, 4) is 44.5 Å². The highest BCUT2D eigenvalue weighted by atomic mass is 32.2. The highest BCUT2D eigenvalue weighted by Crippen LogP contribution is 2.44. The van der Waals surface area contributed by atoms with Crippen LogP contribution in [0.25, 0.3) is 88.1 Å². The van der Waals surface area contributed by atoms with Crippen molar-refractivity contribution >= 4 is 83.7 Å². The Morgan fingerprint density at radius 2 is 0.683 bits per heavy atom. The number of hydrogen-bond donors (Lipinski definition) is 4. The molecule has 126 heavy (non-hydrogen) atoms. The smallest absolute Gasteiger partial charge is 0.261 e. The summed E-state index contributed by atoms with van der Waals surface area (Å²) < 4.78 is 149. The molecular weight excluding hydrogens is 1680 g/mol. The quantitative estimate of drug-likeness (QED) is 0.0551. The summed E-state index contributed by atoms with van der Waals surface area (Å²) in [5.41, 5.74) is 11.1. The van der Waals surface area contributed by atoms with Gasteiger partial charge in [-0.3, -0.25) is 25.4 Å². The summed E-state index contributed by atoms with van der Waals surface area (Å²) in [6, 6.07) is 52.7. The summed E-state index contributed by atoms with van der Waals surface area (Å²) in [6.45, 7) is 20.5. The summed E-state index contributed by atoms with van der Waals surface area (Å²) in [5, 5.41) is 32.2. The van der Waals surface area contributed by atoms with Crippen LogP contribution in [0.15, 0.2) is 289 Å². The summed E-state index contributed by atoms with van der Waals surface area (Å²) in [7, 11) is -14.8. The van der Waals surface area contributed by atoms with E-state index in [0.29, 0.717) is 39.1 Å². The minimum atomic E-state index is -3.92. The van der Waals surface area contributed by atoms with E-state index in [1.54, 1.807) is 67.9 Å². The van der Waals surface area contributed by atoms with Crippen LogP contribution in [0.3, 0.4) is 0 Å². The van der Waals surface area contributed by atoms with Crippen molar-refractivity contribution in [2.45, 2.75) is 149 Å². The van der Waals surface area contributed by atoms with Crippen LogP contribution in [0.4, 0.5) is 8.78 Å². The maximum Gasteiger partial charge on any atom is 0.261 e. The number of halogens is 2. The fourth-order valence-corrected chi connectivity index (χ4v) is 26.7. The van der Waals surface area contributed by atoms with Gasteiger partial charge in [0.1, 0.15) is 21.4 Å². The molecule has 0 amide bonds. The van der Waals surface area contributed by atoms with Crippen LogP contribution in [0, 0.1) is 35.3 Å². The Morgan fingerprint density at radius 3 is 1.01 bits per heavy atom. The van der Waals surface area contributed by atoms with Gasteiger partial charge in [-0.1, -0.05) is 42.5 Å². The summed E-state index contributed by atoms with van der Waals surface area (Å²) in [4.78, 5) is 8.21.